The highest BCUT2D eigenvalue weighted by Crippen LogP contribution is 2.31. The van der Waals surface area contributed by atoms with E-state index < -0.39 is 12.1 Å². The molecule has 0 saturated carbocycles. The number of methoxy groups -OCH3 is 2. The van der Waals surface area contributed by atoms with E-state index in [0.717, 1.165) is 5.56 Å². The molecular formula is C14H23NO3. The second kappa shape index (κ2) is 6.61. The summed E-state index contributed by atoms with van der Waals surface area (Å²) in [5, 5.41) is 10.1. The molecule has 0 heterocycles. The number of ether oxygens (including phenoxy) is 2. The van der Waals surface area contributed by atoms with E-state index in [0.29, 0.717) is 23.8 Å². The van der Waals surface area contributed by atoms with Crippen LogP contribution in [0.2, 0.25) is 0 Å². The normalized spacial score (nSPS) is 14.4. The molecule has 0 amide bonds. The highest BCUT2D eigenvalue weighted by atomic mass is 16.5. The van der Waals surface area contributed by atoms with Crippen molar-refractivity contribution in [3.8, 4) is 11.5 Å². The first kappa shape index (κ1) is 14.8. The largest absolute Gasteiger partial charge is 0.497 e. The smallest absolute Gasteiger partial charge is 0.123 e. The summed E-state index contributed by atoms with van der Waals surface area (Å²) in [7, 11) is 3.19. The van der Waals surface area contributed by atoms with Gasteiger partial charge in [0.15, 0.2) is 0 Å². The van der Waals surface area contributed by atoms with Crippen LogP contribution in [0.3, 0.4) is 0 Å². The minimum Gasteiger partial charge on any atom is -0.497 e. The molecule has 0 saturated heterocycles. The number of rotatable bonds is 6. The van der Waals surface area contributed by atoms with Crippen molar-refractivity contribution in [2.24, 2.45) is 11.7 Å². The summed E-state index contributed by atoms with van der Waals surface area (Å²) < 4.78 is 10.4. The predicted molar refractivity (Wildman–Crippen MR) is 71.9 cm³/mol. The molecule has 0 fully saturated rings. The number of aliphatic hydroxyl groups is 1. The van der Waals surface area contributed by atoms with Crippen molar-refractivity contribution in [3.63, 3.8) is 0 Å². The fourth-order valence-electron chi connectivity index (χ4n) is 1.94. The van der Waals surface area contributed by atoms with Crippen LogP contribution in [0.25, 0.3) is 0 Å². The van der Waals surface area contributed by atoms with Gasteiger partial charge in [-0.3, -0.25) is 0 Å². The fraction of sp³-hybridized carbons (Fsp3) is 0.571. The van der Waals surface area contributed by atoms with E-state index in [-0.39, 0.29) is 0 Å². The minimum absolute atomic E-state index is 0.391. The van der Waals surface area contributed by atoms with Crippen molar-refractivity contribution < 1.29 is 14.6 Å². The number of hydrogen-bond donors (Lipinski definition) is 2. The summed E-state index contributed by atoms with van der Waals surface area (Å²) in [6.07, 6.45) is 0.0626. The van der Waals surface area contributed by atoms with Gasteiger partial charge in [0.25, 0.3) is 0 Å². The summed E-state index contributed by atoms with van der Waals surface area (Å²) in [5.74, 6) is 1.77. The van der Waals surface area contributed by atoms with Crippen molar-refractivity contribution >= 4 is 0 Å². The van der Waals surface area contributed by atoms with Gasteiger partial charge >= 0.3 is 0 Å². The van der Waals surface area contributed by atoms with Crippen LogP contribution >= 0.6 is 0 Å². The van der Waals surface area contributed by atoms with Crippen LogP contribution < -0.4 is 15.2 Å². The van der Waals surface area contributed by atoms with Crippen LogP contribution in [0.4, 0.5) is 0 Å². The van der Waals surface area contributed by atoms with Crippen molar-refractivity contribution in [2.45, 2.75) is 32.4 Å². The maximum Gasteiger partial charge on any atom is 0.123 e. The zero-order valence-corrected chi connectivity index (χ0v) is 11.5. The summed E-state index contributed by atoms with van der Waals surface area (Å²) in [6.45, 7) is 4.11. The predicted octanol–water partition coefficient (Wildman–Crippen LogP) is 2.11. The Morgan fingerprint density at radius 1 is 1.22 bits per heavy atom. The molecule has 4 heteroatoms. The summed E-state index contributed by atoms with van der Waals surface area (Å²) in [4.78, 5) is 0. The molecule has 0 unspecified atom stereocenters. The summed E-state index contributed by atoms with van der Waals surface area (Å²) in [5.41, 5.74) is 6.87. The van der Waals surface area contributed by atoms with Crippen LogP contribution in [0.1, 0.15) is 31.9 Å². The molecule has 1 rings (SSSR count). The lowest BCUT2D eigenvalue weighted by Crippen LogP contribution is -2.27. The van der Waals surface area contributed by atoms with Gasteiger partial charge in [0, 0.05) is 5.56 Å². The third kappa shape index (κ3) is 3.62. The number of aliphatic hydroxyl groups excluding tert-OH is 1. The molecule has 0 aliphatic carbocycles. The maximum absolute atomic E-state index is 10.1. The van der Waals surface area contributed by atoms with Crippen LogP contribution in [0.15, 0.2) is 18.2 Å². The average Bonchev–Trinajstić information content (AvgIpc) is 2.36. The van der Waals surface area contributed by atoms with Crippen molar-refractivity contribution in [3.05, 3.63) is 23.8 Å². The standard InChI is InChI=1S/C14H23NO3/c1-9(2)7-12(16)14(15)11-8-10(17-3)5-6-13(11)18-4/h5-6,8-9,12,14,16H,7,15H2,1-4H3/t12-,14+/m1/s1. The molecule has 0 bridgehead atoms. The van der Waals surface area contributed by atoms with Crippen molar-refractivity contribution in [2.75, 3.05) is 14.2 Å². The Morgan fingerprint density at radius 2 is 1.89 bits per heavy atom. The van der Waals surface area contributed by atoms with Gasteiger partial charge < -0.3 is 20.3 Å². The third-order valence-corrected chi connectivity index (χ3v) is 2.92. The van der Waals surface area contributed by atoms with Crippen LogP contribution in [0, 0.1) is 5.92 Å². The van der Waals surface area contributed by atoms with E-state index in [9.17, 15) is 5.11 Å². The van der Waals surface area contributed by atoms with Gasteiger partial charge in [-0.1, -0.05) is 13.8 Å². The Balaban J connectivity index is 2.98. The second-order valence-corrected chi connectivity index (χ2v) is 4.83. The molecule has 1 aromatic rings. The van der Waals surface area contributed by atoms with Gasteiger partial charge in [-0.05, 0) is 30.5 Å². The van der Waals surface area contributed by atoms with E-state index in [2.05, 4.69) is 13.8 Å². The zero-order chi connectivity index (χ0) is 13.7. The topological polar surface area (TPSA) is 64.7 Å². The average molecular weight is 253 g/mol. The van der Waals surface area contributed by atoms with Gasteiger partial charge in [-0.25, -0.2) is 0 Å². The maximum atomic E-state index is 10.1. The zero-order valence-electron chi connectivity index (χ0n) is 11.5. The number of nitrogens with two attached hydrogens (primary N) is 1. The first-order chi connectivity index (χ1) is 8.49. The molecule has 0 aliphatic heterocycles. The Bertz CT molecular complexity index is 379. The SMILES string of the molecule is COc1ccc(OC)c([C@H](N)[C@H](O)CC(C)C)c1. The van der Waals surface area contributed by atoms with Gasteiger partial charge in [0.2, 0.25) is 0 Å². The number of benzene rings is 1. The van der Waals surface area contributed by atoms with E-state index in [1.807, 2.05) is 12.1 Å². The third-order valence-electron chi connectivity index (χ3n) is 2.92. The van der Waals surface area contributed by atoms with Crippen LogP contribution in [0.5, 0.6) is 11.5 Å². The number of hydrogen-bond acceptors (Lipinski definition) is 4. The van der Waals surface area contributed by atoms with Crippen molar-refractivity contribution in [1.82, 2.24) is 0 Å². The lowest BCUT2D eigenvalue weighted by molar-refractivity contribution is 0.120. The molecule has 18 heavy (non-hydrogen) atoms. The fourth-order valence-corrected chi connectivity index (χ4v) is 1.94. The van der Waals surface area contributed by atoms with E-state index >= 15 is 0 Å². The van der Waals surface area contributed by atoms with Gasteiger partial charge in [0.05, 0.1) is 26.4 Å². The molecule has 0 radical (unpaired) electrons. The molecule has 0 aliphatic rings. The second-order valence-electron chi connectivity index (χ2n) is 4.83. The van der Waals surface area contributed by atoms with Crippen LogP contribution in [-0.2, 0) is 0 Å². The Kier molecular flexibility index (Phi) is 5.44. The van der Waals surface area contributed by atoms with Gasteiger partial charge in [-0.15, -0.1) is 0 Å². The first-order valence-corrected chi connectivity index (χ1v) is 6.15. The highest BCUT2D eigenvalue weighted by molar-refractivity contribution is 5.42. The Morgan fingerprint density at radius 3 is 2.39 bits per heavy atom. The summed E-state index contributed by atoms with van der Waals surface area (Å²) >= 11 is 0. The lowest BCUT2D eigenvalue weighted by atomic mass is 9.94. The molecular weight excluding hydrogens is 230 g/mol. The van der Waals surface area contributed by atoms with Gasteiger partial charge in [0.1, 0.15) is 11.5 Å². The van der Waals surface area contributed by atoms with E-state index in [1.54, 1.807) is 20.3 Å². The highest BCUT2D eigenvalue weighted by Gasteiger charge is 2.21. The molecule has 102 valence electrons. The van der Waals surface area contributed by atoms with Gasteiger partial charge in [-0.2, -0.15) is 0 Å². The van der Waals surface area contributed by atoms with Crippen molar-refractivity contribution in [1.29, 1.82) is 0 Å². The minimum atomic E-state index is -0.592. The molecule has 2 atom stereocenters. The first-order valence-electron chi connectivity index (χ1n) is 6.15. The Hall–Kier alpha value is -1.26. The molecule has 1 aromatic carbocycles. The van der Waals surface area contributed by atoms with Crippen LogP contribution in [-0.4, -0.2) is 25.4 Å². The van der Waals surface area contributed by atoms with E-state index in [4.69, 9.17) is 15.2 Å². The molecule has 0 aromatic heterocycles. The summed E-state index contributed by atoms with van der Waals surface area (Å²) in [6, 6.07) is 4.95. The Labute approximate surface area is 109 Å². The van der Waals surface area contributed by atoms with E-state index in [1.165, 1.54) is 0 Å². The molecule has 0 spiro atoms. The molecule has 4 nitrogen and oxygen atoms in total. The lowest BCUT2D eigenvalue weighted by Gasteiger charge is -2.23. The quantitative estimate of drug-likeness (QED) is 0.815. The molecule has 3 N–H and O–H groups in total. The monoisotopic (exact) mass is 253 g/mol.